The Kier molecular flexibility index (Phi) is 3.67. The van der Waals surface area contributed by atoms with E-state index in [-0.39, 0.29) is 12.5 Å². The zero-order valence-electron chi connectivity index (χ0n) is 10.2. The van der Waals surface area contributed by atoms with Gasteiger partial charge in [0.15, 0.2) is 0 Å². The van der Waals surface area contributed by atoms with Crippen molar-refractivity contribution in [2.45, 2.75) is 0 Å². The van der Waals surface area contributed by atoms with Gasteiger partial charge in [-0.15, -0.1) is 0 Å². The summed E-state index contributed by atoms with van der Waals surface area (Å²) in [4.78, 5) is 17.4. The normalized spacial score (nSPS) is 10.4. The van der Waals surface area contributed by atoms with Crippen LogP contribution in [0.1, 0.15) is 0 Å². The summed E-state index contributed by atoms with van der Waals surface area (Å²) in [5.41, 5.74) is 1.72. The summed E-state index contributed by atoms with van der Waals surface area (Å²) < 4.78 is 4.66. The molecule has 0 bridgehead atoms. The molecule has 94 valence electrons. The van der Waals surface area contributed by atoms with E-state index in [1.165, 1.54) is 7.11 Å². The molecule has 18 heavy (non-hydrogen) atoms. The smallest absolute Gasteiger partial charge is 0.325 e. The number of rotatable bonds is 3. The predicted octanol–water partition coefficient (Wildman–Crippen LogP) is 2.50. The highest BCUT2D eigenvalue weighted by Gasteiger charge is 2.10. The van der Waals surface area contributed by atoms with E-state index in [9.17, 15) is 4.79 Å². The third kappa shape index (κ3) is 2.54. The fraction of sp³-hybridized carbons (Fsp3) is 0.231. The Morgan fingerprint density at radius 3 is 2.94 bits per heavy atom. The molecular formula is C13H13ClN2O2. The Morgan fingerprint density at radius 1 is 1.44 bits per heavy atom. The van der Waals surface area contributed by atoms with E-state index >= 15 is 0 Å². The van der Waals surface area contributed by atoms with Crippen molar-refractivity contribution in [1.29, 1.82) is 0 Å². The van der Waals surface area contributed by atoms with Gasteiger partial charge in [0, 0.05) is 29.3 Å². The van der Waals surface area contributed by atoms with Crippen LogP contribution in [0.2, 0.25) is 5.02 Å². The van der Waals surface area contributed by atoms with Crippen molar-refractivity contribution in [3.05, 3.63) is 35.5 Å². The number of likely N-dealkylation sites (N-methyl/N-ethyl adjacent to an activating group) is 1. The van der Waals surface area contributed by atoms with Crippen LogP contribution in [0.15, 0.2) is 30.5 Å². The molecular weight excluding hydrogens is 252 g/mol. The number of hydrogen-bond donors (Lipinski definition) is 0. The van der Waals surface area contributed by atoms with Crippen molar-refractivity contribution in [3.8, 4) is 0 Å². The number of nitrogens with zero attached hydrogens (tertiary/aromatic N) is 2. The molecule has 0 saturated carbocycles. The molecule has 4 nitrogen and oxygen atoms in total. The van der Waals surface area contributed by atoms with Crippen LogP contribution in [0.3, 0.4) is 0 Å². The molecule has 1 heterocycles. The fourth-order valence-corrected chi connectivity index (χ4v) is 1.95. The highest BCUT2D eigenvalue weighted by Crippen LogP contribution is 2.26. The van der Waals surface area contributed by atoms with Crippen molar-refractivity contribution in [2.75, 3.05) is 25.6 Å². The Labute approximate surface area is 110 Å². The van der Waals surface area contributed by atoms with Crippen LogP contribution in [0.5, 0.6) is 0 Å². The third-order valence-electron chi connectivity index (χ3n) is 2.69. The van der Waals surface area contributed by atoms with Gasteiger partial charge in [0.1, 0.15) is 6.54 Å². The van der Waals surface area contributed by atoms with E-state index in [2.05, 4.69) is 9.72 Å². The molecule has 1 aromatic carbocycles. The number of pyridine rings is 1. The number of aromatic nitrogens is 1. The van der Waals surface area contributed by atoms with Gasteiger partial charge in [0.2, 0.25) is 0 Å². The summed E-state index contributed by atoms with van der Waals surface area (Å²) in [6.45, 7) is 0.193. The SMILES string of the molecule is COC(=O)CN(C)c1ccnc2cc(Cl)ccc12. The number of carbonyl (C=O) groups is 1. The number of benzene rings is 1. The lowest BCUT2D eigenvalue weighted by atomic mass is 10.2. The Bertz CT molecular complexity index is 586. The molecule has 0 N–H and O–H groups in total. The molecule has 1 aromatic heterocycles. The van der Waals surface area contributed by atoms with E-state index in [1.807, 2.05) is 24.1 Å². The maximum atomic E-state index is 11.3. The summed E-state index contributed by atoms with van der Waals surface area (Å²) in [6, 6.07) is 7.36. The van der Waals surface area contributed by atoms with Crippen LogP contribution in [0.25, 0.3) is 10.9 Å². The first kappa shape index (κ1) is 12.6. The summed E-state index contributed by atoms with van der Waals surface area (Å²) in [6.07, 6.45) is 1.70. The summed E-state index contributed by atoms with van der Waals surface area (Å²) in [5, 5.41) is 1.59. The number of halogens is 1. The molecule has 0 saturated heterocycles. The van der Waals surface area contributed by atoms with Crippen molar-refractivity contribution in [2.24, 2.45) is 0 Å². The van der Waals surface area contributed by atoms with E-state index in [0.29, 0.717) is 5.02 Å². The molecule has 0 aliphatic heterocycles. The van der Waals surface area contributed by atoms with Crippen LogP contribution >= 0.6 is 11.6 Å². The number of anilines is 1. The standard InChI is InChI=1S/C13H13ClN2O2/c1-16(8-13(17)18-2)12-5-6-15-11-7-9(14)3-4-10(11)12/h3-7H,8H2,1-2H3. The van der Waals surface area contributed by atoms with Gasteiger partial charge in [0.25, 0.3) is 0 Å². The minimum atomic E-state index is -0.281. The van der Waals surface area contributed by atoms with E-state index in [4.69, 9.17) is 11.6 Å². The van der Waals surface area contributed by atoms with Crippen molar-refractivity contribution < 1.29 is 9.53 Å². The molecule has 0 fully saturated rings. The zero-order valence-corrected chi connectivity index (χ0v) is 10.9. The minimum absolute atomic E-state index is 0.193. The van der Waals surface area contributed by atoms with Crippen LogP contribution in [-0.4, -0.2) is 31.7 Å². The molecule has 2 aromatic rings. The first-order valence-electron chi connectivity index (χ1n) is 5.44. The quantitative estimate of drug-likeness (QED) is 0.799. The second kappa shape index (κ2) is 5.23. The molecule has 0 aliphatic rings. The topological polar surface area (TPSA) is 42.4 Å². The van der Waals surface area contributed by atoms with Gasteiger partial charge in [-0.05, 0) is 24.3 Å². The van der Waals surface area contributed by atoms with E-state index in [1.54, 1.807) is 18.3 Å². The summed E-state index contributed by atoms with van der Waals surface area (Å²) in [5.74, 6) is -0.281. The predicted molar refractivity (Wildman–Crippen MR) is 72.0 cm³/mol. The number of esters is 1. The molecule has 0 spiro atoms. The average Bonchev–Trinajstić information content (AvgIpc) is 2.37. The van der Waals surface area contributed by atoms with Gasteiger partial charge in [-0.3, -0.25) is 9.78 Å². The zero-order chi connectivity index (χ0) is 13.1. The number of fused-ring (bicyclic) bond motifs is 1. The second-order valence-electron chi connectivity index (χ2n) is 3.92. The highest BCUT2D eigenvalue weighted by atomic mass is 35.5. The van der Waals surface area contributed by atoms with Gasteiger partial charge in [-0.1, -0.05) is 11.6 Å². The van der Waals surface area contributed by atoms with Gasteiger partial charge in [-0.25, -0.2) is 0 Å². The first-order chi connectivity index (χ1) is 8.61. The largest absolute Gasteiger partial charge is 0.468 e. The Hall–Kier alpha value is -1.81. The van der Waals surface area contributed by atoms with Gasteiger partial charge in [-0.2, -0.15) is 0 Å². The van der Waals surface area contributed by atoms with Gasteiger partial charge < -0.3 is 9.64 Å². The fourth-order valence-electron chi connectivity index (χ4n) is 1.78. The minimum Gasteiger partial charge on any atom is -0.468 e. The van der Waals surface area contributed by atoms with Crippen molar-refractivity contribution in [3.63, 3.8) is 0 Å². The average molecular weight is 265 g/mol. The van der Waals surface area contributed by atoms with Crippen molar-refractivity contribution in [1.82, 2.24) is 4.98 Å². The molecule has 2 rings (SSSR count). The Morgan fingerprint density at radius 2 is 2.22 bits per heavy atom. The molecule has 0 radical (unpaired) electrons. The van der Waals surface area contributed by atoms with E-state index < -0.39 is 0 Å². The van der Waals surface area contributed by atoms with Crippen LogP contribution in [-0.2, 0) is 9.53 Å². The van der Waals surface area contributed by atoms with Gasteiger partial charge >= 0.3 is 5.97 Å². The van der Waals surface area contributed by atoms with Gasteiger partial charge in [0.05, 0.1) is 12.6 Å². The van der Waals surface area contributed by atoms with E-state index in [0.717, 1.165) is 16.6 Å². The monoisotopic (exact) mass is 264 g/mol. The van der Waals surface area contributed by atoms with Crippen LogP contribution in [0.4, 0.5) is 5.69 Å². The van der Waals surface area contributed by atoms with Crippen LogP contribution < -0.4 is 4.90 Å². The maximum Gasteiger partial charge on any atom is 0.325 e. The third-order valence-corrected chi connectivity index (χ3v) is 2.92. The summed E-state index contributed by atoms with van der Waals surface area (Å²) >= 11 is 5.93. The summed E-state index contributed by atoms with van der Waals surface area (Å²) in [7, 11) is 3.21. The molecule has 0 aliphatic carbocycles. The highest BCUT2D eigenvalue weighted by molar-refractivity contribution is 6.31. The number of carbonyl (C=O) groups excluding carboxylic acids is 1. The first-order valence-corrected chi connectivity index (χ1v) is 5.82. The molecule has 0 atom stereocenters. The number of hydrogen-bond acceptors (Lipinski definition) is 4. The maximum absolute atomic E-state index is 11.3. The lowest BCUT2D eigenvalue weighted by Crippen LogP contribution is -2.26. The molecule has 0 amide bonds. The number of methoxy groups -OCH3 is 1. The Balaban J connectivity index is 2.41. The second-order valence-corrected chi connectivity index (χ2v) is 4.36. The lowest BCUT2D eigenvalue weighted by molar-refractivity contribution is -0.138. The lowest BCUT2D eigenvalue weighted by Gasteiger charge is -2.19. The van der Waals surface area contributed by atoms with Crippen LogP contribution in [0, 0.1) is 0 Å². The van der Waals surface area contributed by atoms with Crippen molar-refractivity contribution >= 4 is 34.2 Å². The molecule has 5 heteroatoms. The number of ether oxygens (including phenoxy) is 1. The molecule has 0 unspecified atom stereocenters.